The second kappa shape index (κ2) is 11.9. The molecular formula is C24H38ClN3O4. The van der Waals surface area contributed by atoms with Crippen molar-refractivity contribution in [1.82, 2.24) is 4.90 Å². The van der Waals surface area contributed by atoms with Gasteiger partial charge < -0.3 is 25.4 Å². The quantitative estimate of drug-likeness (QED) is 0.576. The Hall–Kier alpha value is -1.83. The lowest BCUT2D eigenvalue weighted by Crippen LogP contribution is -2.52. The topological polar surface area (TPSA) is 96.1 Å². The minimum atomic E-state index is -0.933. The number of amides is 1. The smallest absolute Gasteiger partial charge is 0.335 e. The number of hydrogen-bond donors (Lipinski definition) is 2. The van der Waals surface area contributed by atoms with Crippen LogP contribution in [-0.4, -0.2) is 61.7 Å². The van der Waals surface area contributed by atoms with Gasteiger partial charge in [-0.2, -0.15) is 0 Å². The van der Waals surface area contributed by atoms with E-state index in [1.807, 2.05) is 37.0 Å². The molecule has 0 bridgehead atoms. The van der Waals surface area contributed by atoms with E-state index >= 15 is 0 Å². The molecule has 0 spiro atoms. The molecule has 2 aliphatic carbocycles. The van der Waals surface area contributed by atoms with Crippen molar-refractivity contribution in [3.05, 3.63) is 29.3 Å². The van der Waals surface area contributed by atoms with Crippen LogP contribution in [0.25, 0.3) is 0 Å². The summed E-state index contributed by atoms with van der Waals surface area (Å²) in [6, 6.07) is 5.30. The highest BCUT2D eigenvalue weighted by Gasteiger charge is 2.34. The van der Waals surface area contributed by atoms with Gasteiger partial charge in [-0.05, 0) is 80.5 Å². The molecule has 2 saturated carbocycles. The van der Waals surface area contributed by atoms with E-state index in [9.17, 15) is 14.7 Å². The molecule has 1 aromatic carbocycles. The number of ether oxygens (including phenoxy) is 1. The molecule has 0 heterocycles. The van der Waals surface area contributed by atoms with Crippen molar-refractivity contribution < 1.29 is 19.4 Å². The molecule has 7 nitrogen and oxygen atoms in total. The van der Waals surface area contributed by atoms with E-state index in [1.165, 1.54) is 6.42 Å². The fourth-order valence-electron chi connectivity index (χ4n) is 4.59. The standard InChI is InChI=1S/C24H37N3O4.ClH/c1-26(2)21-12-17(11-19(13-21)24(29)30)15-31-14-16-7-9-18(10-8-16)22(25)23(28)27(3)20-5-4-6-20;/h11-13,16,18,20,22H,4-10,14-15,25H2,1-3H3,(H,29,30);1H/t16?,18?,22-;/m0./s1. The summed E-state index contributed by atoms with van der Waals surface area (Å²) in [7, 11) is 5.68. The van der Waals surface area contributed by atoms with Gasteiger partial charge in [-0.15, -0.1) is 12.4 Å². The molecule has 0 aliphatic heterocycles. The van der Waals surface area contributed by atoms with Crippen LogP contribution < -0.4 is 10.6 Å². The third kappa shape index (κ3) is 6.59. The number of likely N-dealkylation sites (N-methyl/N-ethyl adjacent to an activating group) is 1. The normalized spacial score (nSPS) is 21.8. The van der Waals surface area contributed by atoms with Crippen LogP contribution in [0.15, 0.2) is 18.2 Å². The maximum atomic E-state index is 12.7. The first-order chi connectivity index (χ1) is 14.8. The van der Waals surface area contributed by atoms with E-state index < -0.39 is 12.0 Å². The molecule has 0 aromatic heterocycles. The van der Waals surface area contributed by atoms with Crippen molar-refractivity contribution in [2.45, 2.75) is 63.6 Å². The summed E-state index contributed by atoms with van der Waals surface area (Å²) in [5, 5.41) is 9.34. The number of carbonyl (C=O) groups excluding carboxylic acids is 1. The summed E-state index contributed by atoms with van der Waals surface area (Å²) in [5.41, 5.74) is 8.32. The molecule has 1 amide bonds. The number of carboxylic acids is 1. The predicted octanol–water partition coefficient (Wildman–Crippen LogP) is 3.53. The number of carbonyl (C=O) groups is 2. The van der Waals surface area contributed by atoms with Crippen molar-refractivity contribution in [3.63, 3.8) is 0 Å². The largest absolute Gasteiger partial charge is 0.478 e. The molecule has 2 aliphatic rings. The molecule has 180 valence electrons. The number of nitrogens with two attached hydrogens (primary N) is 1. The Morgan fingerprint density at radius 2 is 1.75 bits per heavy atom. The first-order valence-electron chi connectivity index (χ1n) is 11.4. The molecule has 0 saturated heterocycles. The Bertz CT molecular complexity index is 777. The lowest BCUT2D eigenvalue weighted by molar-refractivity contribution is -0.136. The zero-order chi connectivity index (χ0) is 22.5. The zero-order valence-corrected chi connectivity index (χ0v) is 20.3. The number of hydrogen-bond acceptors (Lipinski definition) is 5. The van der Waals surface area contributed by atoms with Gasteiger partial charge in [0.1, 0.15) is 0 Å². The number of anilines is 1. The highest BCUT2D eigenvalue weighted by atomic mass is 35.5. The molecule has 3 rings (SSSR count). The lowest BCUT2D eigenvalue weighted by Gasteiger charge is -2.38. The van der Waals surface area contributed by atoms with E-state index in [-0.39, 0.29) is 29.8 Å². The average molecular weight is 468 g/mol. The molecule has 1 atom stereocenters. The maximum absolute atomic E-state index is 12.7. The molecule has 0 radical (unpaired) electrons. The summed E-state index contributed by atoms with van der Waals surface area (Å²) in [4.78, 5) is 27.8. The van der Waals surface area contributed by atoms with Gasteiger partial charge in [0.2, 0.25) is 5.91 Å². The molecule has 32 heavy (non-hydrogen) atoms. The number of rotatable bonds is 9. The van der Waals surface area contributed by atoms with Crippen molar-refractivity contribution in [2.24, 2.45) is 17.6 Å². The highest BCUT2D eigenvalue weighted by molar-refractivity contribution is 5.89. The van der Waals surface area contributed by atoms with E-state index in [0.717, 1.165) is 49.8 Å². The Morgan fingerprint density at radius 1 is 1.09 bits per heavy atom. The Labute approximate surface area is 197 Å². The Morgan fingerprint density at radius 3 is 2.28 bits per heavy atom. The van der Waals surface area contributed by atoms with Crippen LogP contribution in [0.4, 0.5) is 5.69 Å². The predicted molar refractivity (Wildman–Crippen MR) is 128 cm³/mol. The second-order valence-electron chi connectivity index (χ2n) is 9.44. The second-order valence-corrected chi connectivity index (χ2v) is 9.44. The summed E-state index contributed by atoms with van der Waals surface area (Å²) in [5.74, 6) is -0.128. The van der Waals surface area contributed by atoms with Crippen LogP contribution in [0.1, 0.15) is 60.9 Å². The molecule has 8 heteroatoms. The van der Waals surface area contributed by atoms with E-state index in [1.54, 1.807) is 12.1 Å². The zero-order valence-electron chi connectivity index (χ0n) is 19.5. The van der Waals surface area contributed by atoms with Crippen molar-refractivity contribution in [1.29, 1.82) is 0 Å². The Kier molecular flexibility index (Phi) is 9.80. The maximum Gasteiger partial charge on any atom is 0.335 e. The first-order valence-corrected chi connectivity index (χ1v) is 11.4. The summed E-state index contributed by atoms with van der Waals surface area (Å²) < 4.78 is 5.95. The molecule has 3 N–H and O–H groups in total. The number of benzene rings is 1. The van der Waals surface area contributed by atoms with Gasteiger partial charge in [0.05, 0.1) is 18.2 Å². The number of carboxylic acid groups (broad SMARTS) is 1. The van der Waals surface area contributed by atoms with Crippen LogP contribution in [0.3, 0.4) is 0 Å². The first kappa shape index (κ1) is 26.4. The fourth-order valence-corrected chi connectivity index (χ4v) is 4.59. The van der Waals surface area contributed by atoms with Crippen LogP contribution in [-0.2, 0) is 16.1 Å². The van der Waals surface area contributed by atoms with Crippen LogP contribution in [0.5, 0.6) is 0 Å². The van der Waals surface area contributed by atoms with Gasteiger partial charge >= 0.3 is 5.97 Å². The molecule has 2 fully saturated rings. The highest BCUT2D eigenvalue weighted by Crippen LogP contribution is 2.32. The summed E-state index contributed by atoms with van der Waals surface area (Å²) >= 11 is 0. The van der Waals surface area contributed by atoms with E-state index in [0.29, 0.717) is 25.2 Å². The van der Waals surface area contributed by atoms with Crippen molar-refractivity contribution in [3.8, 4) is 0 Å². The number of nitrogens with zero attached hydrogens (tertiary/aromatic N) is 2. The summed E-state index contributed by atoms with van der Waals surface area (Å²) in [6.07, 6.45) is 7.35. The van der Waals surface area contributed by atoms with Crippen LogP contribution in [0.2, 0.25) is 0 Å². The van der Waals surface area contributed by atoms with E-state index in [4.69, 9.17) is 10.5 Å². The van der Waals surface area contributed by atoms with Gasteiger partial charge in [0, 0.05) is 39.5 Å². The van der Waals surface area contributed by atoms with Gasteiger partial charge in [-0.3, -0.25) is 4.79 Å². The minimum absolute atomic E-state index is 0. The molecular weight excluding hydrogens is 430 g/mol. The van der Waals surface area contributed by atoms with Gasteiger partial charge in [-0.25, -0.2) is 4.79 Å². The van der Waals surface area contributed by atoms with E-state index in [2.05, 4.69) is 0 Å². The third-order valence-corrected chi connectivity index (χ3v) is 7.02. The van der Waals surface area contributed by atoms with Gasteiger partial charge in [-0.1, -0.05) is 0 Å². The van der Waals surface area contributed by atoms with Crippen LogP contribution in [0, 0.1) is 11.8 Å². The number of aromatic carboxylic acids is 1. The molecule has 0 unspecified atom stereocenters. The lowest BCUT2D eigenvalue weighted by atomic mass is 9.78. The Balaban J connectivity index is 0.00000363. The summed E-state index contributed by atoms with van der Waals surface area (Å²) in [6.45, 7) is 1.04. The monoisotopic (exact) mass is 467 g/mol. The van der Waals surface area contributed by atoms with Crippen molar-refractivity contribution in [2.75, 3.05) is 32.6 Å². The third-order valence-electron chi connectivity index (χ3n) is 7.02. The van der Waals surface area contributed by atoms with Crippen LogP contribution >= 0.6 is 12.4 Å². The SMILES string of the molecule is CN(C)c1cc(COCC2CCC([C@H](N)C(=O)N(C)C3CCC3)CC2)cc(C(=O)O)c1.Cl. The molecule has 1 aromatic rings. The fraction of sp³-hybridized carbons (Fsp3) is 0.667. The minimum Gasteiger partial charge on any atom is -0.478 e. The van der Waals surface area contributed by atoms with Crippen molar-refractivity contribution >= 4 is 30.0 Å². The van der Waals surface area contributed by atoms with Gasteiger partial charge in [0.25, 0.3) is 0 Å². The van der Waals surface area contributed by atoms with Gasteiger partial charge in [0.15, 0.2) is 0 Å². The number of halogens is 1. The average Bonchev–Trinajstić information content (AvgIpc) is 2.71.